The van der Waals surface area contributed by atoms with E-state index in [-0.39, 0.29) is 18.3 Å². The van der Waals surface area contributed by atoms with E-state index in [4.69, 9.17) is 4.42 Å². The minimum absolute atomic E-state index is 0. The van der Waals surface area contributed by atoms with Crippen molar-refractivity contribution in [3.8, 4) is 0 Å². The summed E-state index contributed by atoms with van der Waals surface area (Å²) >= 11 is 0. The quantitative estimate of drug-likeness (QED) is 0.754. The van der Waals surface area contributed by atoms with Crippen LogP contribution in [0, 0.1) is 0 Å². The van der Waals surface area contributed by atoms with Gasteiger partial charge in [-0.15, -0.1) is 12.4 Å². The van der Waals surface area contributed by atoms with Crippen LogP contribution in [-0.2, 0) is 0 Å². The van der Waals surface area contributed by atoms with Crippen LogP contribution in [0.15, 0.2) is 23.0 Å². The number of hydrogen-bond acceptors (Lipinski definition) is 3. The van der Waals surface area contributed by atoms with E-state index in [0.717, 1.165) is 26.2 Å². The summed E-state index contributed by atoms with van der Waals surface area (Å²) in [6, 6.07) is 1.70. The van der Waals surface area contributed by atoms with Crippen molar-refractivity contribution in [2.45, 2.75) is 0 Å². The van der Waals surface area contributed by atoms with Gasteiger partial charge >= 0.3 is 0 Å². The van der Waals surface area contributed by atoms with Crippen molar-refractivity contribution in [3.05, 3.63) is 24.2 Å². The van der Waals surface area contributed by atoms with E-state index in [1.807, 2.05) is 4.90 Å². The number of nitrogens with one attached hydrogen (secondary N) is 1. The van der Waals surface area contributed by atoms with E-state index in [1.165, 1.54) is 12.5 Å². The molecule has 0 saturated carbocycles. The molecule has 0 atom stereocenters. The van der Waals surface area contributed by atoms with Crippen molar-refractivity contribution in [2.75, 3.05) is 26.2 Å². The molecule has 1 aromatic heterocycles. The molecule has 5 heteroatoms. The van der Waals surface area contributed by atoms with Crippen LogP contribution in [0.3, 0.4) is 0 Å². The van der Waals surface area contributed by atoms with Gasteiger partial charge in [0.2, 0.25) is 0 Å². The molecule has 1 saturated heterocycles. The fourth-order valence-corrected chi connectivity index (χ4v) is 1.44. The number of piperazine rings is 1. The standard InChI is InChI=1S/C9H12N2O2.ClH/c12-9(8-1-6-13-7-8)11-4-2-10-3-5-11;/h1,6-7,10H,2-5H2;1H. The smallest absolute Gasteiger partial charge is 0.257 e. The maximum atomic E-state index is 11.7. The zero-order valence-electron chi connectivity index (χ0n) is 7.73. The van der Waals surface area contributed by atoms with E-state index in [2.05, 4.69) is 5.32 Å². The van der Waals surface area contributed by atoms with Crippen molar-refractivity contribution >= 4 is 18.3 Å². The van der Waals surface area contributed by atoms with Crippen molar-refractivity contribution in [2.24, 2.45) is 0 Å². The summed E-state index contributed by atoms with van der Waals surface area (Å²) in [6.45, 7) is 3.32. The summed E-state index contributed by atoms with van der Waals surface area (Å²) in [5.74, 6) is 0.0650. The first-order valence-corrected chi connectivity index (χ1v) is 4.40. The van der Waals surface area contributed by atoms with Crippen molar-refractivity contribution < 1.29 is 9.21 Å². The predicted molar refractivity (Wildman–Crippen MR) is 54.7 cm³/mol. The summed E-state index contributed by atoms with van der Waals surface area (Å²) in [5, 5.41) is 3.20. The van der Waals surface area contributed by atoms with Crippen LogP contribution in [-0.4, -0.2) is 37.0 Å². The second-order valence-corrected chi connectivity index (χ2v) is 3.05. The molecule has 0 spiro atoms. The zero-order valence-corrected chi connectivity index (χ0v) is 8.55. The Balaban J connectivity index is 0.000000980. The van der Waals surface area contributed by atoms with Gasteiger partial charge in [0.15, 0.2) is 0 Å². The molecule has 1 aliphatic heterocycles. The van der Waals surface area contributed by atoms with Crippen LogP contribution in [0.4, 0.5) is 0 Å². The maximum Gasteiger partial charge on any atom is 0.257 e. The van der Waals surface area contributed by atoms with Crippen LogP contribution < -0.4 is 5.32 Å². The molecule has 2 rings (SSSR count). The lowest BCUT2D eigenvalue weighted by Crippen LogP contribution is -2.46. The second-order valence-electron chi connectivity index (χ2n) is 3.05. The largest absolute Gasteiger partial charge is 0.472 e. The first kappa shape index (κ1) is 11.1. The summed E-state index contributed by atoms with van der Waals surface area (Å²) in [7, 11) is 0. The molecule has 1 aliphatic rings. The van der Waals surface area contributed by atoms with E-state index < -0.39 is 0 Å². The molecular weight excluding hydrogens is 204 g/mol. The highest BCUT2D eigenvalue weighted by molar-refractivity contribution is 5.93. The Hall–Kier alpha value is -1.00. The summed E-state index contributed by atoms with van der Waals surface area (Å²) < 4.78 is 4.86. The fraction of sp³-hybridized carbons (Fsp3) is 0.444. The van der Waals surface area contributed by atoms with Crippen LogP contribution in [0.2, 0.25) is 0 Å². The average Bonchev–Trinajstić information content (AvgIpc) is 2.71. The van der Waals surface area contributed by atoms with Gasteiger partial charge in [0, 0.05) is 26.2 Å². The van der Waals surface area contributed by atoms with Crippen LogP contribution in [0.5, 0.6) is 0 Å². The van der Waals surface area contributed by atoms with Gasteiger partial charge in [-0.3, -0.25) is 4.79 Å². The monoisotopic (exact) mass is 216 g/mol. The fourth-order valence-electron chi connectivity index (χ4n) is 1.44. The van der Waals surface area contributed by atoms with Gasteiger partial charge in [0.25, 0.3) is 5.91 Å². The molecule has 2 heterocycles. The lowest BCUT2D eigenvalue weighted by molar-refractivity contribution is 0.0735. The molecule has 1 aromatic rings. The Morgan fingerprint density at radius 3 is 2.71 bits per heavy atom. The van der Waals surface area contributed by atoms with Crippen LogP contribution in [0.25, 0.3) is 0 Å². The molecule has 1 fully saturated rings. The second kappa shape index (κ2) is 5.02. The van der Waals surface area contributed by atoms with Gasteiger partial charge < -0.3 is 14.6 Å². The van der Waals surface area contributed by atoms with Gasteiger partial charge in [-0.25, -0.2) is 0 Å². The molecule has 0 aliphatic carbocycles. The van der Waals surface area contributed by atoms with Gasteiger partial charge in [0.05, 0.1) is 11.8 Å². The van der Waals surface area contributed by atoms with Crippen molar-refractivity contribution in [1.82, 2.24) is 10.2 Å². The minimum atomic E-state index is 0. The van der Waals surface area contributed by atoms with Crippen molar-refractivity contribution in [1.29, 1.82) is 0 Å². The summed E-state index contributed by atoms with van der Waals surface area (Å²) in [6.07, 6.45) is 3.01. The van der Waals surface area contributed by atoms with Crippen LogP contribution in [0.1, 0.15) is 10.4 Å². The molecule has 14 heavy (non-hydrogen) atoms. The highest BCUT2D eigenvalue weighted by atomic mass is 35.5. The van der Waals surface area contributed by atoms with Gasteiger partial charge in [-0.05, 0) is 6.07 Å². The SMILES string of the molecule is Cl.O=C(c1ccoc1)N1CCNCC1. The molecule has 0 radical (unpaired) electrons. The Bertz CT molecular complexity index is 281. The number of furan rings is 1. The predicted octanol–water partition coefficient (Wildman–Crippen LogP) is 0.747. The molecule has 0 aromatic carbocycles. The lowest BCUT2D eigenvalue weighted by atomic mass is 10.2. The van der Waals surface area contributed by atoms with Gasteiger partial charge in [-0.1, -0.05) is 0 Å². The molecular formula is C9H13ClN2O2. The average molecular weight is 217 g/mol. The van der Waals surface area contributed by atoms with Crippen molar-refractivity contribution in [3.63, 3.8) is 0 Å². The zero-order chi connectivity index (χ0) is 9.10. The third-order valence-corrected chi connectivity index (χ3v) is 2.17. The first-order valence-electron chi connectivity index (χ1n) is 4.40. The van der Waals surface area contributed by atoms with E-state index >= 15 is 0 Å². The Morgan fingerprint density at radius 1 is 1.43 bits per heavy atom. The van der Waals surface area contributed by atoms with E-state index in [1.54, 1.807) is 6.07 Å². The summed E-state index contributed by atoms with van der Waals surface area (Å²) in [5.41, 5.74) is 0.641. The Kier molecular flexibility index (Phi) is 3.98. The molecule has 1 N–H and O–H groups in total. The number of rotatable bonds is 1. The maximum absolute atomic E-state index is 11.7. The number of carbonyl (C=O) groups excluding carboxylic acids is 1. The number of halogens is 1. The Morgan fingerprint density at radius 2 is 2.14 bits per heavy atom. The first-order chi connectivity index (χ1) is 6.38. The number of amides is 1. The molecule has 1 amide bonds. The van der Waals surface area contributed by atoms with Crippen LogP contribution >= 0.6 is 12.4 Å². The van der Waals surface area contributed by atoms with E-state index in [9.17, 15) is 4.79 Å². The third-order valence-electron chi connectivity index (χ3n) is 2.17. The molecule has 78 valence electrons. The highest BCUT2D eigenvalue weighted by Gasteiger charge is 2.18. The topological polar surface area (TPSA) is 45.5 Å². The molecule has 4 nitrogen and oxygen atoms in total. The lowest BCUT2D eigenvalue weighted by Gasteiger charge is -2.26. The van der Waals surface area contributed by atoms with Gasteiger partial charge in [0.1, 0.15) is 6.26 Å². The third kappa shape index (κ3) is 2.27. The normalized spacial score (nSPS) is 16.1. The highest BCUT2D eigenvalue weighted by Crippen LogP contribution is 2.05. The Labute approximate surface area is 88.7 Å². The summed E-state index contributed by atoms with van der Waals surface area (Å²) in [4.78, 5) is 13.5. The minimum Gasteiger partial charge on any atom is -0.472 e. The number of hydrogen-bond donors (Lipinski definition) is 1. The number of carbonyl (C=O) groups is 1. The van der Waals surface area contributed by atoms with Gasteiger partial charge in [-0.2, -0.15) is 0 Å². The molecule has 0 bridgehead atoms. The molecule has 0 unspecified atom stereocenters. The van der Waals surface area contributed by atoms with E-state index in [0.29, 0.717) is 5.56 Å². The number of nitrogens with zero attached hydrogens (tertiary/aromatic N) is 1.